The van der Waals surface area contributed by atoms with Crippen molar-refractivity contribution in [2.75, 3.05) is 32.7 Å². The van der Waals surface area contributed by atoms with Crippen LogP contribution in [0, 0.1) is 6.92 Å². The summed E-state index contributed by atoms with van der Waals surface area (Å²) in [4.78, 5) is 27.9. The number of aryl methyl sites for hydroxylation is 1. The van der Waals surface area contributed by atoms with Gasteiger partial charge in [-0.25, -0.2) is 9.53 Å². The highest BCUT2D eigenvalue weighted by molar-refractivity contribution is 5.94. The molecule has 0 atom stereocenters. The Hall–Kier alpha value is -1.56. The van der Waals surface area contributed by atoms with Crippen LogP contribution in [0.25, 0.3) is 0 Å². The van der Waals surface area contributed by atoms with E-state index in [0.29, 0.717) is 18.8 Å². The maximum atomic E-state index is 12.3. The lowest BCUT2D eigenvalue weighted by Gasteiger charge is -2.33. The Morgan fingerprint density at radius 3 is 2.33 bits per heavy atom. The molecular formula is C12H19N3O3. The van der Waals surface area contributed by atoms with Crippen molar-refractivity contribution >= 4 is 5.91 Å². The fourth-order valence-electron chi connectivity index (χ4n) is 2.21. The summed E-state index contributed by atoms with van der Waals surface area (Å²) in [6, 6.07) is 0. The molecule has 18 heavy (non-hydrogen) atoms. The first-order valence-electron chi connectivity index (χ1n) is 6.23. The molecule has 0 spiro atoms. The van der Waals surface area contributed by atoms with Crippen molar-refractivity contribution in [3.8, 4) is 0 Å². The van der Waals surface area contributed by atoms with Gasteiger partial charge in [0.1, 0.15) is 5.56 Å². The largest absolute Gasteiger partial charge is 0.370 e. The molecule has 1 aliphatic rings. The molecule has 2 heterocycles. The van der Waals surface area contributed by atoms with E-state index in [4.69, 9.17) is 4.52 Å². The predicted octanol–water partition coefficient (Wildman–Crippen LogP) is 0.0644. The smallest absolute Gasteiger partial charge is 0.336 e. The normalized spacial score (nSPS) is 17.2. The van der Waals surface area contributed by atoms with E-state index < -0.39 is 5.63 Å². The molecule has 0 saturated carbocycles. The molecule has 1 saturated heterocycles. The van der Waals surface area contributed by atoms with E-state index in [-0.39, 0.29) is 11.5 Å². The zero-order valence-electron chi connectivity index (χ0n) is 11.1. The van der Waals surface area contributed by atoms with Gasteiger partial charge in [-0.1, -0.05) is 6.92 Å². The molecule has 6 heteroatoms. The molecule has 100 valence electrons. The Labute approximate surface area is 106 Å². The van der Waals surface area contributed by atoms with Gasteiger partial charge in [-0.3, -0.25) is 4.79 Å². The number of piperazine rings is 1. The SMILES string of the molecule is CCN1CCN(C(=O)c2c(C)n(C)oc2=O)CC1. The third-order valence-electron chi connectivity index (χ3n) is 3.58. The van der Waals surface area contributed by atoms with Gasteiger partial charge in [-0.05, 0) is 13.5 Å². The lowest BCUT2D eigenvalue weighted by atomic mass is 10.2. The van der Waals surface area contributed by atoms with E-state index in [1.807, 2.05) is 0 Å². The molecular weight excluding hydrogens is 234 g/mol. The molecule has 1 amide bonds. The molecule has 0 radical (unpaired) electrons. The minimum Gasteiger partial charge on any atom is -0.336 e. The van der Waals surface area contributed by atoms with Gasteiger partial charge < -0.3 is 14.3 Å². The highest BCUT2D eigenvalue weighted by Gasteiger charge is 2.27. The van der Waals surface area contributed by atoms with Crippen LogP contribution < -0.4 is 5.63 Å². The van der Waals surface area contributed by atoms with Crippen LogP contribution in [0.4, 0.5) is 0 Å². The second kappa shape index (κ2) is 4.97. The Bertz CT molecular complexity index is 495. The summed E-state index contributed by atoms with van der Waals surface area (Å²) in [5, 5.41) is 0. The summed E-state index contributed by atoms with van der Waals surface area (Å²) in [5.74, 6) is -0.211. The van der Waals surface area contributed by atoms with Crippen molar-refractivity contribution < 1.29 is 9.32 Å². The first-order chi connectivity index (χ1) is 8.54. The van der Waals surface area contributed by atoms with Crippen LogP contribution in [0.3, 0.4) is 0 Å². The van der Waals surface area contributed by atoms with Gasteiger partial charge in [0.15, 0.2) is 0 Å². The van der Waals surface area contributed by atoms with Gasteiger partial charge >= 0.3 is 5.63 Å². The number of carbonyl (C=O) groups is 1. The molecule has 0 N–H and O–H groups in total. The zero-order chi connectivity index (χ0) is 13.3. The molecule has 6 nitrogen and oxygen atoms in total. The van der Waals surface area contributed by atoms with Crippen LogP contribution in [-0.2, 0) is 7.05 Å². The van der Waals surface area contributed by atoms with E-state index in [1.54, 1.807) is 18.9 Å². The zero-order valence-corrected chi connectivity index (χ0v) is 11.1. The average molecular weight is 253 g/mol. The van der Waals surface area contributed by atoms with Gasteiger partial charge in [0.25, 0.3) is 5.91 Å². The van der Waals surface area contributed by atoms with Crippen LogP contribution in [-0.4, -0.2) is 53.2 Å². The summed E-state index contributed by atoms with van der Waals surface area (Å²) in [6.07, 6.45) is 0. The third kappa shape index (κ3) is 2.20. The highest BCUT2D eigenvalue weighted by Crippen LogP contribution is 2.09. The first-order valence-corrected chi connectivity index (χ1v) is 6.23. The van der Waals surface area contributed by atoms with Crippen molar-refractivity contribution in [3.63, 3.8) is 0 Å². The molecule has 1 aliphatic heterocycles. The second-order valence-corrected chi connectivity index (χ2v) is 4.56. The molecule has 1 aromatic heterocycles. The number of likely N-dealkylation sites (N-methyl/N-ethyl adjacent to an activating group) is 1. The molecule has 1 aromatic rings. The molecule has 1 fully saturated rings. The number of nitrogens with zero attached hydrogens (tertiary/aromatic N) is 3. The number of amides is 1. The fourth-order valence-corrected chi connectivity index (χ4v) is 2.21. The number of carbonyl (C=O) groups excluding carboxylic acids is 1. The standard InChI is InChI=1S/C12H19N3O3/c1-4-14-5-7-15(8-6-14)11(16)10-9(2)13(3)18-12(10)17/h4-8H2,1-3H3. The third-order valence-corrected chi connectivity index (χ3v) is 3.58. The van der Waals surface area contributed by atoms with E-state index in [2.05, 4.69) is 11.8 Å². The van der Waals surface area contributed by atoms with Crippen molar-refractivity contribution in [2.24, 2.45) is 7.05 Å². The number of hydrogen-bond acceptors (Lipinski definition) is 4. The Kier molecular flexibility index (Phi) is 3.56. The van der Waals surface area contributed by atoms with Crippen LogP contribution in [0.1, 0.15) is 23.0 Å². The monoisotopic (exact) mass is 253 g/mol. The second-order valence-electron chi connectivity index (χ2n) is 4.56. The summed E-state index contributed by atoms with van der Waals surface area (Å²) in [6.45, 7) is 7.88. The van der Waals surface area contributed by atoms with Crippen molar-refractivity contribution in [3.05, 3.63) is 21.7 Å². The molecule has 0 aromatic carbocycles. The lowest BCUT2D eigenvalue weighted by Crippen LogP contribution is -2.49. The number of rotatable bonds is 2. The molecule has 2 rings (SSSR count). The van der Waals surface area contributed by atoms with E-state index in [9.17, 15) is 9.59 Å². The predicted molar refractivity (Wildman–Crippen MR) is 66.7 cm³/mol. The van der Waals surface area contributed by atoms with E-state index in [0.717, 1.165) is 19.6 Å². The summed E-state index contributed by atoms with van der Waals surface area (Å²) in [7, 11) is 1.63. The molecule has 0 unspecified atom stereocenters. The quantitative estimate of drug-likeness (QED) is 0.748. The minimum atomic E-state index is -0.544. The maximum absolute atomic E-state index is 12.3. The van der Waals surface area contributed by atoms with Crippen molar-refractivity contribution in [1.29, 1.82) is 0 Å². The van der Waals surface area contributed by atoms with E-state index >= 15 is 0 Å². The lowest BCUT2D eigenvalue weighted by molar-refractivity contribution is 0.0640. The van der Waals surface area contributed by atoms with Gasteiger partial charge in [0.05, 0.1) is 5.69 Å². The Morgan fingerprint density at radius 1 is 1.28 bits per heavy atom. The fraction of sp³-hybridized carbons (Fsp3) is 0.667. The summed E-state index contributed by atoms with van der Waals surface area (Å²) >= 11 is 0. The molecule has 0 bridgehead atoms. The van der Waals surface area contributed by atoms with Crippen LogP contribution in [0.5, 0.6) is 0 Å². The number of aromatic nitrogens is 1. The topological polar surface area (TPSA) is 58.7 Å². The van der Waals surface area contributed by atoms with Crippen LogP contribution >= 0.6 is 0 Å². The van der Waals surface area contributed by atoms with Gasteiger partial charge in [-0.2, -0.15) is 0 Å². The van der Waals surface area contributed by atoms with Gasteiger partial charge in [-0.15, -0.1) is 0 Å². The number of hydrogen-bond donors (Lipinski definition) is 0. The van der Waals surface area contributed by atoms with Crippen LogP contribution in [0.15, 0.2) is 9.32 Å². The Balaban J connectivity index is 2.15. The van der Waals surface area contributed by atoms with Gasteiger partial charge in [0.2, 0.25) is 0 Å². The van der Waals surface area contributed by atoms with Crippen LogP contribution in [0.2, 0.25) is 0 Å². The van der Waals surface area contributed by atoms with E-state index in [1.165, 1.54) is 4.74 Å². The van der Waals surface area contributed by atoms with Crippen molar-refractivity contribution in [1.82, 2.24) is 14.5 Å². The summed E-state index contributed by atoms with van der Waals surface area (Å²) in [5.41, 5.74) is 0.211. The Morgan fingerprint density at radius 2 is 1.89 bits per heavy atom. The maximum Gasteiger partial charge on any atom is 0.370 e. The first kappa shape index (κ1) is 12.9. The van der Waals surface area contributed by atoms with Gasteiger partial charge in [0, 0.05) is 33.2 Å². The van der Waals surface area contributed by atoms with Crippen molar-refractivity contribution in [2.45, 2.75) is 13.8 Å². The minimum absolute atomic E-state index is 0.169. The summed E-state index contributed by atoms with van der Waals surface area (Å²) < 4.78 is 6.25. The average Bonchev–Trinajstić information content (AvgIpc) is 2.63. The molecule has 0 aliphatic carbocycles. The highest BCUT2D eigenvalue weighted by atomic mass is 16.5.